The number of nitrogens with zero attached hydrogens (tertiary/aromatic N) is 3. The van der Waals surface area contributed by atoms with Crippen molar-refractivity contribution in [1.29, 1.82) is 0 Å². The van der Waals surface area contributed by atoms with E-state index in [1.807, 2.05) is 12.1 Å². The highest BCUT2D eigenvalue weighted by atomic mass is 32.2. The number of hydrogen-bond acceptors (Lipinski definition) is 8. The number of nitro groups is 1. The minimum absolute atomic E-state index is 0.227. The van der Waals surface area contributed by atoms with Gasteiger partial charge in [-0.15, -0.1) is 0 Å². The smallest absolute Gasteiger partial charge is 0.293 e. The van der Waals surface area contributed by atoms with Crippen molar-refractivity contribution in [3.63, 3.8) is 0 Å². The van der Waals surface area contributed by atoms with Crippen LogP contribution in [0, 0.1) is 39.2 Å². The Kier molecular flexibility index (Phi) is 7.98. The van der Waals surface area contributed by atoms with Crippen molar-refractivity contribution in [3.8, 4) is 0 Å². The van der Waals surface area contributed by atoms with Gasteiger partial charge in [0.2, 0.25) is 0 Å². The third-order valence-corrected chi connectivity index (χ3v) is 13.9. The van der Waals surface area contributed by atoms with Gasteiger partial charge in [0.05, 0.1) is 9.82 Å². The first kappa shape index (κ1) is 31.1. The van der Waals surface area contributed by atoms with E-state index in [0.29, 0.717) is 30.0 Å². The standard InChI is InChI=1S/C36H47N5O5S/c42-35(38-47(45,46)32-10-11-33(34(16-32)41(43)44)37-20-24-4-2-1-3-5-24)28-6-8-29(9-7-28)40-22-30-15-31(40)21-39(30)23-36-17-25-12-26(18-36)14-27(13-25)19-36/h6-11,16,24-27,30-31,37H,1-5,12-15,17-23H2,(H,38,42)/t25?,26?,27?,30-,31-,36?/m0/s1. The molecular weight excluding hydrogens is 614 g/mol. The van der Waals surface area contributed by atoms with Gasteiger partial charge < -0.3 is 10.2 Å². The van der Waals surface area contributed by atoms with Crippen molar-refractivity contribution >= 4 is 33.0 Å². The van der Waals surface area contributed by atoms with Gasteiger partial charge in [0, 0.05) is 55.6 Å². The van der Waals surface area contributed by atoms with E-state index < -0.39 is 20.9 Å². The Bertz CT molecular complexity index is 1600. The Morgan fingerprint density at radius 3 is 2.19 bits per heavy atom. The maximum absolute atomic E-state index is 13.1. The lowest BCUT2D eigenvalue weighted by Gasteiger charge is -2.58. The van der Waals surface area contributed by atoms with Gasteiger partial charge >= 0.3 is 0 Å². The fraction of sp³-hybridized carbons (Fsp3) is 0.639. The Morgan fingerprint density at radius 1 is 0.894 bits per heavy atom. The lowest BCUT2D eigenvalue weighted by Crippen LogP contribution is -2.55. The highest BCUT2D eigenvalue weighted by Gasteiger charge is 2.53. The molecule has 7 aliphatic rings. The maximum Gasteiger partial charge on any atom is 0.293 e. The first-order chi connectivity index (χ1) is 22.6. The first-order valence-electron chi connectivity index (χ1n) is 17.8. The summed E-state index contributed by atoms with van der Waals surface area (Å²) < 4.78 is 28.4. The van der Waals surface area contributed by atoms with Crippen molar-refractivity contribution in [2.24, 2.45) is 29.1 Å². The van der Waals surface area contributed by atoms with Crippen LogP contribution in [-0.2, 0) is 10.0 Å². The second kappa shape index (κ2) is 12.1. The molecule has 5 saturated carbocycles. The number of anilines is 2. The van der Waals surface area contributed by atoms with Crippen LogP contribution in [0.1, 0.15) is 87.4 Å². The van der Waals surface area contributed by atoms with Crippen LogP contribution in [0.3, 0.4) is 0 Å². The molecule has 2 saturated heterocycles. The number of hydrogen-bond donors (Lipinski definition) is 2. The number of piperazine rings is 1. The highest BCUT2D eigenvalue weighted by Crippen LogP contribution is 2.60. The molecule has 7 fully saturated rings. The Hall–Kier alpha value is -3.18. The van der Waals surface area contributed by atoms with Gasteiger partial charge in [-0.3, -0.25) is 19.8 Å². The molecule has 2 heterocycles. The van der Waals surface area contributed by atoms with Crippen LogP contribution in [0.2, 0.25) is 0 Å². The quantitative estimate of drug-likeness (QED) is 0.228. The number of rotatable bonds is 10. The lowest BCUT2D eigenvalue weighted by atomic mass is 9.49. The number of nitro benzene ring substituents is 1. The molecule has 0 unspecified atom stereocenters. The van der Waals surface area contributed by atoms with E-state index in [1.165, 1.54) is 70.0 Å². The predicted molar refractivity (Wildman–Crippen MR) is 181 cm³/mol. The third-order valence-electron chi connectivity index (χ3n) is 12.5. The van der Waals surface area contributed by atoms with Crippen LogP contribution in [0.5, 0.6) is 0 Å². The molecule has 1 amide bonds. The average Bonchev–Trinajstić information content (AvgIpc) is 3.64. The summed E-state index contributed by atoms with van der Waals surface area (Å²) >= 11 is 0. The van der Waals surface area contributed by atoms with Crippen molar-refractivity contribution in [1.82, 2.24) is 9.62 Å². The first-order valence-corrected chi connectivity index (χ1v) is 19.3. The van der Waals surface area contributed by atoms with Gasteiger partial charge in [0.1, 0.15) is 5.69 Å². The van der Waals surface area contributed by atoms with Crippen LogP contribution in [0.15, 0.2) is 47.4 Å². The van der Waals surface area contributed by atoms with Crippen LogP contribution in [0.4, 0.5) is 17.1 Å². The molecule has 2 aliphatic heterocycles. The fourth-order valence-corrected chi connectivity index (χ4v) is 11.8. The molecule has 0 aromatic heterocycles. The van der Waals surface area contributed by atoms with Crippen molar-refractivity contribution in [3.05, 3.63) is 58.1 Å². The van der Waals surface area contributed by atoms with E-state index in [9.17, 15) is 23.3 Å². The third kappa shape index (κ3) is 6.14. The number of sulfonamides is 1. The second-order valence-corrected chi connectivity index (χ2v) is 17.5. The van der Waals surface area contributed by atoms with Crippen LogP contribution < -0.4 is 14.9 Å². The number of nitrogens with one attached hydrogen (secondary N) is 2. The summed E-state index contributed by atoms with van der Waals surface area (Å²) in [6, 6.07) is 11.9. The molecular formula is C36H47N5O5S. The van der Waals surface area contributed by atoms with Crippen LogP contribution in [0.25, 0.3) is 0 Å². The summed E-state index contributed by atoms with van der Waals surface area (Å²) in [6.07, 6.45) is 15.6. The van der Waals surface area contributed by atoms with Gasteiger partial charge in [-0.25, -0.2) is 13.1 Å². The zero-order valence-electron chi connectivity index (χ0n) is 27.1. The van der Waals surface area contributed by atoms with E-state index in [-0.39, 0.29) is 21.8 Å². The molecule has 10 nitrogen and oxygen atoms in total. The second-order valence-electron chi connectivity index (χ2n) is 15.8. The van der Waals surface area contributed by atoms with Gasteiger partial charge in [-0.1, -0.05) is 19.3 Å². The number of amides is 1. The van der Waals surface area contributed by atoms with Gasteiger partial charge in [-0.05, 0) is 123 Å². The van der Waals surface area contributed by atoms with E-state index in [2.05, 4.69) is 19.8 Å². The largest absolute Gasteiger partial charge is 0.379 e. The molecule has 2 atom stereocenters. The molecule has 6 bridgehead atoms. The van der Waals surface area contributed by atoms with Crippen LogP contribution >= 0.6 is 0 Å². The van der Waals surface area contributed by atoms with Crippen LogP contribution in [-0.4, -0.2) is 62.4 Å². The SMILES string of the molecule is O=C(NS(=O)(=O)c1ccc(NCC2CCCCC2)c([N+](=O)[O-])c1)c1ccc(N2C[C@@H]3C[C@H]2CN3CC23CC4CC(CC(C4)C2)C3)cc1. The molecule has 47 heavy (non-hydrogen) atoms. The molecule has 9 rings (SSSR count). The maximum atomic E-state index is 13.1. The molecule has 11 heteroatoms. The predicted octanol–water partition coefficient (Wildman–Crippen LogP) is 6.19. The normalized spacial score (nSPS) is 31.7. The fourth-order valence-electron chi connectivity index (χ4n) is 10.8. The topological polar surface area (TPSA) is 125 Å². The van der Waals surface area contributed by atoms with Crippen molar-refractivity contribution in [2.75, 3.05) is 36.4 Å². The Morgan fingerprint density at radius 2 is 1.57 bits per heavy atom. The minimum atomic E-state index is -4.32. The number of carbonyl (C=O) groups is 1. The number of benzene rings is 2. The summed E-state index contributed by atoms with van der Waals surface area (Å²) in [4.78, 5) is 29.2. The Labute approximate surface area is 277 Å². The molecule has 5 aliphatic carbocycles. The molecule has 252 valence electrons. The summed E-state index contributed by atoms with van der Waals surface area (Å²) in [5.41, 5.74) is 1.80. The van der Waals surface area contributed by atoms with E-state index in [0.717, 1.165) is 68.3 Å². The molecule has 0 spiro atoms. The zero-order valence-corrected chi connectivity index (χ0v) is 27.9. The molecule has 2 N–H and O–H groups in total. The number of likely N-dealkylation sites (tertiary alicyclic amines) is 1. The monoisotopic (exact) mass is 661 g/mol. The van der Waals surface area contributed by atoms with E-state index in [4.69, 9.17) is 0 Å². The number of carbonyl (C=O) groups excluding carboxylic acids is 1. The van der Waals surface area contributed by atoms with Crippen molar-refractivity contribution in [2.45, 2.75) is 94.0 Å². The van der Waals surface area contributed by atoms with Gasteiger partial charge in [0.15, 0.2) is 0 Å². The molecule has 2 aromatic carbocycles. The van der Waals surface area contributed by atoms with Crippen molar-refractivity contribution < 1.29 is 18.1 Å². The summed E-state index contributed by atoms with van der Waals surface area (Å²) in [5.74, 6) is 2.60. The van der Waals surface area contributed by atoms with E-state index >= 15 is 0 Å². The van der Waals surface area contributed by atoms with Gasteiger partial charge in [-0.2, -0.15) is 0 Å². The summed E-state index contributed by atoms with van der Waals surface area (Å²) in [7, 11) is -4.32. The molecule has 2 aromatic rings. The highest BCUT2D eigenvalue weighted by molar-refractivity contribution is 7.90. The minimum Gasteiger partial charge on any atom is -0.379 e. The lowest BCUT2D eigenvalue weighted by molar-refractivity contribution is -0.384. The summed E-state index contributed by atoms with van der Waals surface area (Å²) in [6.45, 7) is 3.95. The van der Waals surface area contributed by atoms with Gasteiger partial charge in [0.25, 0.3) is 21.6 Å². The average molecular weight is 662 g/mol. The Balaban J connectivity index is 0.880. The molecule has 0 radical (unpaired) electrons. The zero-order chi connectivity index (χ0) is 32.3. The summed E-state index contributed by atoms with van der Waals surface area (Å²) in [5, 5.41) is 15.0. The van der Waals surface area contributed by atoms with E-state index in [1.54, 1.807) is 12.1 Å². The number of fused-ring (bicyclic) bond motifs is 2.